The lowest BCUT2D eigenvalue weighted by molar-refractivity contribution is -0.144. The van der Waals surface area contributed by atoms with E-state index in [0.717, 1.165) is 25.2 Å². The van der Waals surface area contributed by atoms with Crippen molar-refractivity contribution in [2.75, 3.05) is 32.2 Å². The number of halogens is 1. The van der Waals surface area contributed by atoms with Crippen LogP contribution in [0.5, 0.6) is 17.2 Å². The summed E-state index contributed by atoms with van der Waals surface area (Å²) in [6.45, 7) is 2.35. The predicted molar refractivity (Wildman–Crippen MR) is 214 cm³/mol. The van der Waals surface area contributed by atoms with Gasteiger partial charge in [-0.1, -0.05) is 90.0 Å². The summed E-state index contributed by atoms with van der Waals surface area (Å²) in [6.07, 6.45) is 3.93. The zero-order valence-corrected chi connectivity index (χ0v) is 32.6. The molecule has 5 aliphatic rings. The van der Waals surface area contributed by atoms with Crippen molar-refractivity contribution in [1.29, 1.82) is 0 Å². The second kappa shape index (κ2) is 14.5. The predicted octanol–water partition coefficient (Wildman–Crippen LogP) is 6.89. The molecule has 0 bridgehead atoms. The number of hydrogen-bond acceptors (Lipinski definition) is 8. The van der Waals surface area contributed by atoms with Crippen LogP contribution in [0.15, 0.2) is 109 Å². The summed E-state index contributed by atoms with van der Waals surface area (Å²) in [5, 5.41) is 11.4. The van der Waals surface area contributed by atoms with Crippen LogP contribution in [0, 0.1) is 23.7 Å². The Morgan fingerprint density at radius 3 is 2.11 bits per heavy atom. The van der Waals surface area contributed by atoms with Gasteiger partial charge in [0, 0.05) is 36.6 Å². The van der Waals surface area contributed by atoms with Gasteiger partial charge in [0.05, 0.1) is 43.1 Å². The Morgan fingerprint density at radius 1 is 0.789 bits per heavy atom. The van der Waals surface area contributed by atoms with E-state index < -0.39 is 46.8 Å². The Morgan fingerprint density at radius 2 is 1.46 bits per heavy atom. The molecule has 4 aromatic rings. The number of anilines is 1. The minimum absolute atomic E-state index is 0.140. The molecule has 3 saturated heterocycles. The Kier molecular flexibility index (Phi) is 9.44. The fourth-order valence-electron chi connectivity index (χ4n) is 10.8. The average Bonchev–Trinajstić information content (AvgIpc) is 3.62. The van der Waals surface area contributed by atoms with Crippen LogP contribution in [0.2, 0.25) is 5.02 Å². The first-order chi connectivity index (χ1) is 27.7. The van der Waals surface area contributed by atoms with Gasteiger partial charge in [0.15, 0.2) is 11.5 Å². The molecule has 3 heterocycles. The van der Waals surface area contributed by atoms with E-state index in [4.69, 9.17) is 21.1 Å². The highest BCUT2D eigenvalue weighted by molar-refractivity contribution is 6.32. The standard InChI is InChI=1S/C46H44ClN3O7/c1-56-37-22-28(23-38(57-2)41(37)51)40-33-16-17-34-39(44(54)49(42(34)52)31-18-20-48(21-19-31)26-27-10-5-3-6-11-27)35(33)25-36-43(53)50(32-15-9-14-30(47)24-32)45(55)46(36,40)29-12-7-4-8-13-29/h3-16,22-24,31,34-36,39-40,51H,17-21,25-26H2,1-2H3. The summed E-state index contributed by atoms with van der Waals surface area (Å²) in [7, 11) is 2.88. The first-order valence-corrected chi connectivity index (χ1v) is 20.0. The van der Waals surface area contributed by atoms with E-state index >= 15 is 9.59 Å². The van der Waals surface area contributed by atoms with Crippen molar-refractivity contribution < 1.29 is 33.8 Å². The van der Waals surface area contributed by atoms with E-state index in [-0.39, 0.29) is 41.5 Å². The zero-order valence-electron chi connectivity index (χ0n) is 31.8. The zero-order chi connectivity index (χ0) is 39.6. The van der Waals surface area contributed by atoms with Gasteiger partial charge in [-0.15, -0.1) is 0 Å². The minimum Gasteiger partial charge on any atom is -0.502 e. The quantitative estimate of drug-likeness (QED) is 0.152. The van der Waals surface area contributed by atoms with Crippen LogP contribution in [-0.2, 0) is 31.1 Å². The molecule has 2 aliphatic carbocycles. The highest BCUT2D eigenvalue weighted by atomic mass is 35.5. The largest absolute Gasteiger partial charge is 0.502 e. The molecular formula is C46H44ClN3O7. The SMILES string of the molecule is COc1cc(C2C3=CCC4C(=O)N(C5CCN(Cc6ccccc6)CC5)C(=O)C4C3CC3C(=O)N(c4cccc(Cl)c4)C(=O)C32c2ccccc2)cc(OC)c1O. The Balaban J connectivity index is 1.15. The average molecular weight is 786 g/mol. The van der Waals surface area contributed by atoms with Crippen molar-refractivity contribution >= 4 is 40.9 Å². The van der Waals surface area contributed by atoms with Crippen LogP contribution >= 0.6 is 11.6 Å². The van der Waals surface area contributed by atoms with Crippen LogP contribution in [0.1, 0.15) is 48.3 Å². The summed E-state index contributed by atoms with van der Waals surface area (Å²) >= 11 is 6.45. The maximum Gasteiger partial charge on any atom is 0.246 e. The van der Waals surface area contributed by atoms with Crippen LogP contribution in [0.25, 0.3) is 0 Å². The van der Waals surface area contributed by atoms with Crippen LogP contribution in [-0.4, -0.2) is 71.9 Å². The van der Waals surface area contributed by atoms with Gasteiger partial charge in [0.25, 0.3) is 0 Å². The number of amides is 4. The lowest BCUT2D eigenvalue weighted by atomic mass is 9.49. The van der Waals surface area contributed by atoms with E-state index in [1.807, 2.05) is 54.6 Å². The Hall–Kier alpha value is -5.45. The first-order valence-electron chi connectivity index (χ1n) is 19.6. The third-order valence-corrected chi connectivity index (χ3v) is 13.4. The fourth-order valence-corrected chi connectivity index (χ4v) is 10.9. The molecule has 6 unspecified atom stereocenters. The number of carbonyl (C=O) groups is 4. The second-order valence-corrected chi connectivity index (χ2v) is 16.3. The van der Waals surface area contributed by atoms with Crippen LogP contribution < -0.4 is 14.4 Å². The normalized spacial score (nSPS) is 27.6. The molecule has 6 atom stereocenters. The molecule has 0 radical (unpaired) electrons. The third-order valence-electron chi connectivity index (χ3n) is 13.2. The number of piperidine rings is 1. The fraction of sp³-hybridized carbons (Fsp3) is 0.348. The smallest absolute Gasteiger partial charge is 0.246 e. The number of allylic oxidation sites excluding steroid dienone is 2. The highest BCUT2D eigenvalue weighted by Crippen LogP contribution is 2.65. The molecular weight excluding hydrogens is 742 g/mol. The van der Waals surface area contributed by atoms with Crippen LogP contribution in [0.3, 0.4) is 0 Å². The van der Waals surface area contributed by atoms with Gasteiger partial charge in [-0.3, -0.25) is 29.0 Å². The summed E-state index contributed by atoms with van der Waals surface area (Å²) in [6, 6.07) is 29.5. The third kappa shape index (κ3) is 5.78. The van der Waals surface area contributed by atoms with E-state index in [9.17, 15) is 14.7 Å². The molecule has 10 nitrogen and oxygen atoms in total. The summed E-state index contributed by atoms with van der Waals surface area (Å²) < 4.78 is 11.3. The number of rotatable bonds is 8. The van der Waals surface area contributed by atoms with Gasteiger partial charge in [-0.05, 0) is 78.6 Å². The molecule has 1 saturated carbocycles. The number of hydrogen-bond donors (Lipinski definition) is 1. The van der Waals surface area contributed by atoms with Gasteiger partial charge in [0.2, 0.25) is 29.4 Å². The van der Waals surface area contributed by atoms with Gasteiger partial charge in [-0.2, -0.15) is 0 Å². The number of imide groups is 2. The lowest BCUT2D eigenvalue weighted by Crippen LogP contribution is -2.53. The molecule has 57 heavy (non-hydrogen) atoms. The molecule has 292 valence electrons. The number of aromatic hydroxyl groups is 1. The maximum atomic E-state index is 15.6. The Labute approximate surface area is 336 Å². The van der Waals surface area contributed by atoms with Crippen molar-refractivity contribution in [2.45, 2.75) is 49.6 Å². The van der Waals surface area contributed by atoms with Crippen molar-refractivity contribution in [1.82, 2.24) is 9.80 Å². The lowest BCUT2D eigenvalue weighted by Gasteiger charge is -2.50. The van der Waals surface area contributed by atoms with E-state index in [0.29, 0.717) is 41.1 Å². The number of ether oxygens (including phenoxy) is 2. The number of carbonyl (C=O) groups excluding carboxylic acids is 4. The molecule has 4 amide bonds. The van der Waals surface area contributed by atoms with E-state index in [1.165, 1.54) is 24.7 Å². The van der Waals surface area contributed by atoms with Gasteiger partial charge in [-0.25, -0.2) is 4.90 Å². The molecule has 4 aromatic carbocycles. The second-order valence-electron chi connectivity index (χ2n) is 15.9. The molecule has 1 N–H and O–H groups in total. The van der Waals surface area contributed by atoms with Crippen molar-refractivity contribution in [3.05, 3.63) is 130 Å². The molecule has 9 rings (SSSR count). The van der Waals surface area contributed by atoms with E-state index in [2.05, 4.69) is 17.0 Å². The molecule has 0 aromatic heterocycles. The number of benzene rings is 4. The number of phenolic OH excluding ortho intramolecular Hbond substituents is 1. The Bertz CT molecular complexity index is 2270. The molecule has 0 spiro atoms. The first kappa shape index (κ1) is 37.1. The van der Waals surface area contributed by atoms with Gasteiger partial charge >= 0.3 is 0 Å². The summed E-state index contributed by atoms with van der Waals surface area (Å²) in [4.78, 5) is 65.1. The van der Waals surface area contributed by atoms with Crippen LogP contribution in [0.4, 0.5) is 5.69 Å². The number of nitrogens with zero attached hydrogens (tertiary/aromatic N) is 3. The van der Waals surface area contributed by atoms with Gasteiger partial charge in [0.1, 0.15) is 0 Å². The van der Waals surface area contributed by atoms with Crippen molar-refractivity contribution in [3.63, 3.8) is 0 Å². The van der Waals surface area contributed by atoms with E-state index in [1.54, 1.807) is 41.3 Å². The number of likely N-dealkylation sites (tertiary alicyclic amines) is 2. The van der Waals surface area contributed by atoms with Crippen molar-refractivity contribution in [3.8, 4) is 17.2 Å². The summed E-state index contributed by atoms with van der Waals surface area (Å²) in [5.41, 5.74) is 2.16. The monoisotopic (exact) mass is 785 g/mol. The number of phenols is 1. The maximum absolute atomic E-state index is 15.6. The van der Waals surface area contributed by atoms with Gasteiger partial charge < -0.3 is 14.6 Å². The van der Waals surface area contributed by atoms with Crippen molar-refractivity contribution in [2.24, 2.45) is 23.7 Å². The topological polar surface area (TPSA) is 117 Å². The number of methoxy groups -OCH3 is 2. The molecule has 4 fully saturated rings. The minimum atomic E-state index is -1.47. The molecule has 3 aliphatic heterocycles. The highest BCUT2D eigenvalue weighted by Gasteiger charge is 2.70. The molecule has 11 heteroatoms. The summed E-state index contributed by atoms with van der Waals surface area (Å²) in [5.74, 6) is -4.57. The number of fused-ring (bicyclic) bond motifs is 4.